The van der Waals surface area contributed by atoms with Crippen LogP contribution in [0.15, 0.2) is 114 Å². The second-order valence-corrected chi connectivity index (χ2v) is 9.22. The van der Waals surface area contributed by atoms with Gasteiger partial charge in [-0.25, -0.2) is 0 Å². The summed E-state index contributed by atoms with van der Waals surface area (Å²) in [5.41, 5.74) is 3.66. The average molecular weight is 472 g/mol. The molecule has 150 valence electrons. The topological polar surface area (TPSA) is 4.93 Å². The molecule has 0 amide bonds. The van der Waals surface area contributed by atoms with E-state index in [1.807, 2.05) is 0 Å². The van der Waals surface area contributed by atoms with Crippen molar-refractivity contribution in [3.8, 4) is 5.69 Å². The van der Waals surface area contributed by atoms with Gasteiger partial charge >= 0.3 is 0 Å². The van der Waals surface area contributed by atoms with Crippen LogP contribution in [0, 0.1) is 0 Å². The molecule has 32 heavy (non-hydrogen) atoms. The number of hydrogen-bond donors (Lipinski definition) is 0. The Morgan fingerprint density at radius 1 is 0.469 bits per heavy atom. The van der Waals surface area contributed by atoms with Gasteiger partial charge in [0.1, 0.15) is 0 Å². The van der Waals surface area contributed by atoms with E-state index in [1.54, 1.807) is 0 Å². The lowest BCUT2D eigenvalue weighted by Crippen LogP contribution is -1.95. The van der Waals surface area contributed by atoms with Crippen LogP contribution in [0.25, 0.3) is 59.8 Å². The molecule has 0 aliphatic heterocycles. The summed E-state index contributed by atoms with van der Waals surface area (Å²) >= 11 is 3.68. The van der Waals surface area contributed by atoms with Crippen molar-refractivity contribution in [1.82, 2.24) is 4.57 Å². The Balaban J connectivity index is 1.85. The normalized spacial score (nSPS) is 11.9. The highest BCUT2D eigenvalue weighted by molar-refractivity contribution is 9.10. The molecular formula is C30H18BrN. The fraction of sp³-hybridized carbons (Fsp3) is 0. The maximum Gasteiger partial charge on any atom is 0.0625 e. The third-order valence-electron chi connectivity index (χ3n) is 6.61. The smallest absolute Gasteiger partial charge is 0.0625 e. The summed E-state index contributed by atoms with van der Waals surface area (Å²) in [6, 6.07) is 39.5. The monoisotopic (exact) mass is 471 g/mol. The second-order valence-electron chi connectivity index (χ2n) is 8.31. The molecule has 2 heteroatoms. The summed E-state index contributed by atoms with van der Waals surface area (Å²) < 4.78 is 3.51. The molecule has 0 saturated heterocycles. The predicted molar refractivity (Wildman–Crippen MR) is 141 cm³/mol. The van der Waals surface area contributed by atoms with Crippen LogP contribution in [0.5, 0.6) is 0 Å². The van der Waals surface area contributed by atoms with Crippen LogP contribution in [0.4, 0.5) is 0 Å². The Kier molecular flexibility index (Phi) is 3.76. The predicted octanol–water partition coefficient (Wildman–Crippen LogP) is 9.01. The van der Waals surface area contributed by atoms with Gasteiger partial charge in [0.2, 0.25) is 0 Å². The van der Waals surface area contributed by atoms with Gasteiger partial charge in [-0.3, -0.25) is 0 Å². The maximum atomic E-state index is 3.68. The van der Waals surface area contributed by atoms with Gasteiger partial charge in [0, 0.05) is 26.3 Å². The van der Waals surface area contributed by atoms with Crippen molar-refractivity contribution in [3.05, 3.63) is 114 Å². The molecule has 0 spiro atoms. The van der Waals surface area contributed by atoms with Crippen LogP contribution < -0.4 is 0 Å². The SMILES string of the molecule is Brc1cccc(-n2c3ccccc3c3ccc4c5ccccc5c5ccccc5c4c32)c1. The Labute approximate surface area is 193 Å². The molecule has 0 N–H and O–H groups in total. The van der Waals surface area contributed by atoms with E-state index in [4.69, 9.17) is 0 Å². The molecule has 0 atom stereocenters. The van der Waals surface area contributed by atoms with Crippen molar-refractivity contribution in [2.24, 2.45) is 0 Å². The van der Waals surface area contributed by atoms with E-state index in [9.17, 15) is 0 Å². The molecule has 0 bridgehead atoms. The van der Waals surface area contributed by atoms with Crippen molar-refractivity contribution < 1.29 is 0 Å². The lowest BCUT2D eigenvalue weighted by molar-refractivity contribution is 1.18. The van der Waals surface area contributed by atoms with E-state index in [0.29, 0.717) is 0 Å². The zero-order valence-electron chi connectivity index (χ0n) is 17.2. The molecule has 0 unspecified atom stereocenters. The molecule has 0 saturated carbocycles. The van der Waals surface area contributed by atoms with Crippen molar-refractivity contribution in [2.75, 3.05) is 0 Å². The summed E-state index contributed by atoms with van der Waals surface area (Å²) in [5.74, 6) is 0. The summed E-state index contributed by atoms with van der Waals surface area (Å²) in [6.45, 7) is 0. The molecule has 1 aromatic heterocycles. The molecule has 6 aromatic carbocycles. The van der Waals surface area contributed by atoms with Crippen molar-refractivity contribution in [2.45, 2.75) is 0 Å². The fourth-order valence-electron chi connectivity index (χ4n) is 5.33. The minimum absolute atomic E-state index is 1.08. The molecule has 7 rings (SSSR count). The number of hydrogen-bond acceptors (Lipinski definition) is 0. The van der Waals surface area contributed by atoms with E-state index in [2.05, 4.69) is 130 Å². The minimum Gasteiger partial charge on any atom is -0.309 e. The molecule has 0 aliphatic carbocycles. The highest BCUT2D eigenvalue weighted by atomic mass is 79.9. The van der Waals surface area contributed by atoms with Crippen LogP contribution in [-0.4, -0.2) is 4.57 Å². The Hall–Kier alpha value is -3.62. The van der Waals surface area contributed by atoms with Crippen LogP contribution in [0.3, 0.4) is 0 Å². The molecule has 0 fully saturated rings. The number of nitrogens with zero attached hydrogens (tertiary/aromatic N) is 1. The summed E-state index contributed by atoms with van der Waals surface area (Å²) in [4.78, 5) is 0. The van der Waals surface area contributed by atoms with E-state index >= 15 is 0 Å². The number of aromatic nitrogens is 1. The Bertz CT molecular complexity index is 1810. The van der Waals surface area contributed by atoms with Gasteiger partial charge in [-0.2, -0.15) is 0 Å². The van der Waals surface area contributed by atoms with Crippen LogP contribution in [0.2, 0.25) is 0 Å². The highest BCUT2D eigenvalue weighted by Gasteiger charge is 2.18. The molecular weight excluding hydrogens is 454 g/mol. The van der Waals surface area contributed by atoms with Gasteiger partial charge in [-0.1, -0.05) is 101 Å². The zero-order chi connectivity index (χ0) is 21.2. The Morgan fingerprint density at radius 3 is 1.75 bits per heavy atom. The molecule has 1 nitrogen and oxygen atoms in total. The summed E-state index contributed by atoms with van der Waals surface area (Å²) in [6.07, 6.45) is 0. The van der Waals surface area contributed by atoms with Gasteiger partial charge < -0.3 is 4.57 Å². The first kappa shape index (κ1) is 18.0. The summed E-state index contributed by atoms with van der Waals surface area (Å²) in [5, 5.41) is 10.4. The number of benzene rings is 6. The lowest BCUT2D eigenvalue weighted by Gasteiger charge is -2.14. The molecule has 7 aromatic rings. The third-order valence-corrected chi connectivity index (χ3v) is 7.10. The fourth-order valence-corrected chi connectivity index (χ4v) is 5.71. The highest BCUT2D eigenvalue weighted by Crippen LogP contribution is 2.42. The van der Waals surface area contributed by atoms with E-state index in [-0.39, 0.29) is 0 Å². The molecule has 0 aliphatic rings. The first-order valence-electron chi connectivity index (χ1n) is 10.8. The Morgan fingerprint density at radius 2 is 1.03 bits per heavy atom. The number of rotatable bonds is 1. The van der Waals surface area contributed by atoms with E-state index in [0.717, 1.165) is 10.2 Å². The minimum atomic E-state index is 1.08. The van der Waals surface area contributed by atoms with Crippen LogP contribution in [0.1, 0.15) is 0 Å². The lowest BCUT2D eigenvalue weighted by atomic mass is 9.93. The second kappa shape index (κ2) is 6.69. The van der Waals surface area contributed by atoms with Gasteiger partial charge in [0.05, 0.1) is 11.0 Å². The van der Waals surface area contributed by atoms with Gasteiger partial charge in [-0.15, -0.1) is 0 Å². The van der Waals surface area contributed by atoms with Gasteiger partial charge in [-0.05, 0) is 51.2 Å². The molecule has 1 heterocycles. The first-order chi connectivity index (χ1) is 15.8. The van der Waals surface area contributed by atoms with Crippen molar-refractivity contribution in [3.63, 3.8) is 0 Å². The van der Waals surface area contributed by atoms with E-state index < -0.39 is 0 Å². The van der Waals surface area contributed by atoms with Gasteiger partial charge in [0.25, 0.3) is 0 Å². The van der Waals surface area contributed by atoms with Crippen LogP contribution in [-0.2, 0) is 0 Å². The first-order valence-corrected chi connectivity index (χ1v) is 11.6. The third kappa shape index (κ3) is 2.39. The number of para-hydroxylation sites is 1. The summed E-state index contributed by atoms with van der Waals surface area (Å²) in [7, 11) is 0. The maximum absolute atomic E-state index is 3.68. The van der Waals surface area contributed by atoms with Crippen LogP contribution >= 0.6 is 15.9 Å². The van der Waals surface area contributed by atoms with E-state index in [1.165, 1.54) is 54.1 Å². The largest absolute Gasteiger partial charge is 0.309 e. The van der Waals surface area contributed by atoms with Crippen molar-refractivity contribution in [1.29, 1.82) is 0 Å². The van der Waals surface area contributed by atoms with Gasteiger partial charge in [0.15, 0.2) is 0 Å². The zero-order valence-corrected chi connectivity index (χ0v) is 18.8. The quantitative estimate of drug-likeness (QED) is 0.210. The standard InChI is InChI=1S/C30H18BrN/c31-19-8-7-9-20(18-19)32-28-15-6-5-13-24(28)27-17-16-26-23-12-2-1-10-21(23)22-11-3-4-14-25(22)29(26)30(27)32/h1-18H. The molecule has 0 radical (unpaired) electrons. The number of fused-ring (bicyclic) bond motifs is 10. The average Bonchev–Trinajstić information content (AvgIpc) is 3.18. The van der Waals surface area contributed by atoms with Crippen molar-refractivity contribution >= 4 is 70.1 Å². The number of halogens is 1.